The summed E-state index contributed by atoms with van der Waals surface area (Å²) in [6, 6.07) is 0.507. The maximum Gasteiger partial charge on any atom is 0.326 e. The van der Waals surface area contributed by atoms with Crippen LogP contribution in [0.1, 0.15) is 20.3 Å². The number of amides is 2. The number of nitrogens with zero attached hydrogens (tertiary/aromatic N) is 2. The Morgan fingerprint density at radius 3 is 2.68 bits per heavy atom. The van der Waals surface area contributed by atoms with E-state index < -0.39 is 18.0 Å². The van der Waals surface area contributed by atoms with Crippen LogP contribution in [-0.4, -0.2) is 39.5 Å². The lowest BCUT2D eigenvalue weighted by Gasteiger charge is -2.18. The third-order valence-electron chi connectivity index (χ3n) is 2.63. The molecule has 7 nitrogen and oxygen atoms in total. The van der Waals surface area contributed by atoms with Gasteiger partial charge in [0, 0.05) is 25.5 Å². The second-order valence-corrected chi connectivity index (χ2v) is 4.58. The fourth-order valence-corrected chi connectivity index (χ4v) is 1.58. The van der Waals surface area contributed by atoms with Crippen LogP contribution in [0.15, 0.2) is 18.5 Å². The number of carboxylic acid groups (broad SMARTS) is 1. The fraction of sp³-hybridized carbons (Fsp3) is 0.583. The van der Waals surface area contributed by atoms with E-state index in [4.69, 9.17) is 5.11 Å². The summed E-state index contributed by atoms with van der Waals surface area (Å²) in [4.78, 5) is 22.4. The van der Waals surface area contributed by atoms with Crippen molar-refractivity contribution in [1.29, 1.82) is 0 Å². The molecule has 0 fully saturated rings. The van der Waals surface area contributed by atoms with Crippen LogP contribution in [-0.2, 0) is 11.3 Å². The number of urea groups is 1. The standard InChI is InChI=1S/C12H20N4O3/c1-9(2)10(11(17)18)15-12(19)13-5-3-7-16-8-4-6-14-16/h4,6,8-10H,3,5,7H2,1-2H3,(H,17,18)(H2,13,15,19). The van der Waals surface area contributed by atoms with Crippen molar-refractivity contribution in [3.8, 4) is 0 Å². The molecule has 1 rings (SSSR count). The summed E-state index contributed by atoms with van der Waals surface area (Å²) >= 11 is 0. The Balaban J connectivity index is 2.21. The summed E-state index contributed by atoms with van der Waals surface area (Å²) in [6.45, 7) is 4.67. The molecule has 106 valence electrons. The second-order valence-electron chi connectivity index (χ2n) is 4.58. The minimum absolute atomic E-state index is 0.160. The van der Waals surface area contributed by atoms with Crippen LogP contribution in [0.5, 0.6) is 0 Å². The Morgan fingerprint density at radius 2 is 2.16 bits per heavy atom. The first-order chi connectivity index (χ1) is 9.00. The molecular weight excluding hydrogens is 248 g/mol. The Hall–Kier alpha value is -2.05. The van der Waals surface area contributed by atoms with Crippen molar-refractivity contribution in [2.75, 3.05) is 6.54 Å². The summed E-state index contributed by atoms with van der Waals surface area (Å²) in [5, 5.41) is 18.0. The summed E-state index contributed by atoms with van der Waals surface area (Å²) in [5.41, 5.74) is 0. The molecule has 0 aliphatic carbocycles. The lowest BCUT2D eigenvalue weighted by atomic mass is 10.1. The molecule has 7 heteroatoms. The molecule has 0 saturated heterocycles. The molecule has 1 atom stereocenters. The maximum absolute atomic E-state index is 11.5. The van der Waals surface area contributed by atoms with Crippen LogP contribution in [0.25, 0.3) is 0 Å². The second kappa shape index (κ2) is 7.40. The first kappa shape index (κ1) is 15.0. The molecule has 0 saturated carbocycles. The molecule has 1 aromatic heterocycles. The summed E-state index contributed by atoms with van der Waals surface area (Å²) in [7, 11) is 0. The van der Waals surface area contributed by atoms with E-state index in [1.54, 1.807) is 24.7 Å². The molecule has 1 aromatic rings. The quantitative estimate of drug-likeness (QED) is 0.634. The van der Waals surface area contributed by atoms with Gasteiger partial charge in [-0.05, 0) is 18.4 Å². The topological polar surface area (TPSA) is 96.3 Å². The largest absolute Gasteiger partial charge is 0.480 e. The number of carbonyl (C=O) groups is 2. The van der Waals surface area contributed by atoms with Crippen LogP contribution in [0.4, 0.5) is 4.79 Å². The van der Waals surface area contributed by atoms with Crippen molar-refractivity contribution >= 4 is 12.0 Å². The first-order valence-electron chi connectivity index (χ1n) is 6.25. The molecule has 2 amide bonds. The Morgan fingerprint density at radius 1 is 1.42 bits per heavy atom. The van der Waals surface area contributed by atoms with E-state index >= 15 is 0 Å². The van der Waals surface area contributed by atoms with Gasteiger partial charge in [0.15, 0.2) is 0 Å². The molecular formula is C12H20N4O3. The summed E-state index contributed by atoms with van der Waals surface area (Å²) < 4.78 is 1.77. The van der Waals surface area contributed by atoms with Gasteiger partial charge in [-0.1, -0.05) is 13.8 Å². The van der Waals surface area contributed by atoms with Gasteiger partial charge < -0.3 is 15.7 Å². The Bertz CT molecular complexity index is 403. The molecule has 1 heterocycles. The molecule has 3 N–H and O–H groups in total. The SMILES string of the molecule is CC(C)C(NC(=O)NCCCn1cccn1)C(=O)O. The van der Waals surface area contributed by atoms with Crippen molar-refractivity contribution in [1.82, 2.24) is 20.4 Å². The zero-order valence-electron chi connectivity index (χ0n) is 11.2. The van der Waals surface area contributed by atoms with Crippen molar-refractivity contribution in [3.05, 3.63) is 18.5 Å². The van der Waals surface area contributed by atoms with Crippen molar-refractivity contribution in [3.63, 3.8) is 0 Å². The van der Waals surface area contributed by atoms with Crippen LogP contribution < -0.4 is 10.6 Å². The van der Waals surface area contributed by atoms with Gasteiger partial charge in [-0.3, -0.25) is 4.68 Å². The number of aryl methyl sites for hydroxylation is 1. The summed E-state index contributed by atoms with van der Waals surface area (Å²) in [5.74, 6) is -1.19. The normalized spacial score (nSPS) is 12.2. The number of hydrogen-bond acceptors (Lipinski definition) is 3. The highest BCUT2D eigenvalue weighted by Gasteiger charge is 2.22. The highest BCUT2D eigenvalue weighted by Crippen LogP contribution is 2.01. The molecule has 0 spiro atoms. The molecule has 19 heavy (non-hydrogen) atoms. The third-order valence-corrected chi connectivity index (χ3v) is 2.63. The smallest absolute Gasteiger partial charge is 0.326 e. The Kier molecular flexibility index (Phi) is 5.84. The van der Waals surface area contributed by atoms with Gasteiger partial charge >= 0.3 is 12.0 Å². The third kappa shape index (κ3) is 5.41. The van der Waals surface area contributed by atoms with Gasteiger partial charge in [0.1, 0.15) is 6.04 Å². The van der Waals surface area contributed by atoms with Crippen molar-refractivity contribution in [2.24, 2.45) is 5.92 Å². The fourth-order valence-electron chi connectivity index (χ4n) is 1.58. The lowest BCUT2D eigenvalue weighted by molar-refractivity contribution is -0.140. The van der Waals surface area contributed by atoms with Gasteiger partial charge in [-0.25, -0.2) is 9.59 Å². The van der Waals surface area contributed by atoms with E-state index in [1.165, 1.54) is 0 Å². The number of aliphatic carboxylic acids is 1. The number of hydrogen-bond donors (Lipinski definition) is 3. The number of aromatic nitrogens is 2. The predicted molar refractivity (Wildman–Crippen MR) is 69.6 cm³/mol. The van der Waals surface area contributed by atoms with Crippen LogP contribution in [0.3, 0.4) is 0 Å². The van der Waals surface area contributed by atoms with E-state index in [9.17, 15) is 9.59 Å². The van der Waals surface area contributed by atoms with Crippen LogP contribution >= 0.6 is 0 Å². The van der Waals surface area contributed by atoms with Gasteiger partial charge in [0.2, 0.25) is 0 Å². The zero-order valence-corrected chi connectivity index (χ0v) is 11.2. The number of rotatable bonds is 7. The van der Waals surface area contributed by atoms with Gasteiger partial charge in [0.25, 0.3) is 0 Å². The molecule has 0 bridgehead atoms. The highest BCUT2D eigenvalue weighted by molar-refractivity contribution is 5.82. The number of carboxylic acids is 1. The minimum atomic E-state index is -1.03. The van der Waals surface area contributed by atoms with Gasteiger partial charge in [-0.15, -0.1) is 0 Å². The van der Waals surface area contributed by atoms with E-state index in [0.29, 0.717) is 13.1 Å². The maximum atomic E-state index is 11.5. The molecule has 0 aromatic carbocycles. The average molecular weight is 268 g/mol. The number of nitrogens with one attached hydrogen (secondary N) is 2. The molecule has 0 aliphatic heterocycles. The average Bonchev–Trinajstić information content (AvgIpc) is 2.84. The predicted octanol–water partition coefficient (Wildman–Crippen LogP) is 0.682. The number of carbonyl (C=O) groups excluding carboxylic acids is 1. The van der Waals surface area contributed by atoms with Gasteiger partial charge in [0.05, 0.1) is 0 Å². The first-order valence-corrected chi connectivity index (χ1v) is 6.25. The van der Waals surface area contributed by atoms with E-state index in [1.807, 2.05) is 12.3 Å². The molecule has 0 aliphatic rings. The zero-order chi connectivity index (χ0) is 14.3. The minimum Gasteiger partial charge on any atom is -0.480 e. The lowest BCUT2D eigenvalue weighted by Crippen LogP contribution is -2.48. The summed E-state index contributed by atoms with van der Waals surface area (Å²) in [6.07, 6.45) is 4.27. The molecule has 1 unspecified atom stereocenters. The monoisotopic (exact) mass is 268 g/mol. The van der Waals surface area contributed by atoms with Crippen molar-refractivity contribution < 1.29 is 14.7 Å². The van der Waals surface area contributed by atoms with Gasteiger partial charge in [-0.2, -0.15) is 5.10 Å². The van der Waals surface area contributed by atoms with E-state index in [-0.39, 0.29) is 5.92 Å². The van der Waals surface area contributed by atoms with E-state index in [2.05, 4.69) is 15.7 Å². The van der Waals surface area contributed by atoms with Crippen LogP contribution in [0.2, 0.25) is 0 Å². The highest BCUT2D eigenvalue weighted by atomic mass is 16.4. The van der Waals surface area contributed by atoms with Crippen LogP contribution in [0, 0.1) is 5.92 Å². The van der Waals surface area contributed by atoms with Crippen molar-refractivity contribution in [2.45, 2.75) is 32.9 Å². The van der Waals surface area contributed by atoms with E-state index in [0.717, 1.165) is 6.42 Å². The molecule has 0 radical (unpaired) electrons. The Labute approximate surface area is 112 Å².